The summed E-state index contributed by atoms with van der Waals surface area (Å²) in [7, 11) is 1.53. The van der Waals surface area contributed by atoms with Gasteiger partial charge in [-0.2, -0.15) is 24.9 Å². The van der Waals surface area contributed by atoms with E-state index in [2.05, 4.69) is 15.6 Å². The van der Waals surface area contributed by atoms with Gasteiger partial charge in [0.15, 0.2) is 5.96 Å². The molecule has 0 saturated heterocycles. The van der Waals surface area contributed by atoms with Crippen molar-refractivity contribution in [2.75, 3.05) is 32.1 Å². The maximum absolute atomic E-state index is 11.8. The first-order valence-electron chi connectivity index (χ1n) is 4.50. The molecule has 98 valence electrons. The summed E-state index contributed by atoms with van der Waals surface area (Å²) >= 11 is 1.66. The third-order valence-electron chi connectivity index (χ3n) is 1.52. The third-order valence-corrected chi connectivity index (χ3v) is 2.14. The molecule has 0 saturated carbocycles. The van der Waals surface area contributed by atoms with Gasteiger partial charge in [-0.1, -0.05) is 0 Å². The van der Waals surface area contributed by atoms with Crippen molar-refractivity contribution in [1.29, 1.82) is 0 Å². The van der Waals surface area contributed by atoms with Gasteiger partial charge in [-0.05, 0) is 6.26 Å². The van der Waals surface area contributed by atoms with Crippen molar-refractivity contribution in [2.24, 2.45) is 4.99 Å². The zero-order valence-corrected chi connectivity index (χ0v) is 12.4. The minimum atomic E-state index is -4.12. The molecule has 0 bridgehead atoms. The average molecular weight is 371 g/mol. The Kier molecular flexibility index (Phi) is 11.9. The standard InChI is InChI=1S/C8H16F3N3S.HI/c1-12-7(14-5-6-15-2)13-4-3-8(9,10)11;/h3-6H2,1-2H3,(H2,12,13,14);1H. The van der Waals surface area contributed by atoms with Crippen LogP contribution in [0, 0.1) is 0 Å². The Morgan fingerprint density at radius 2 is 1.81 bits per heavy atom. The number of hydrogen-bond acceptors (Lipinski definition) is 2. The van der Waals surface area contributed by atoms with Crippen LogP contribution in [0.2, 0.25) is 0 Å². The number of hydrogen-bond donors (Lipinski definition) is 2. The van der Waals surface area contributed by atoms with E-state index in [0.29, 0.717) is 12.5 Å². The number of nitrogens with zero attached hydrogens (tertiary/aromatic N) is 1. The molecule has 0 aliphatic rings. The van der Waals surface area contributed by atoms with E-state index in [9.17, 15) is 13.2 Å². The van der Waals surface area contributed by atoms with Gasteiger partial charge in [0.05, 0.1) is 6.42 Å². The highest BCUT2D eigenvalue weighted by Crippen LogP contribution is 2.17. The minimum absolute atomic E-state index is 0. The number of halogens is 4. The number of alkyl halides is 3. The van der Waals surface area contributed by atoms with E-state index in [1.165, 1.54) is 7.05 Å². The molecule has 0 atom stereocenters. The molecule has 0 unspecified atom stereocenters. The molecule has 0 aromatic rings. The Bertz CT molecular complexity index is 199. The van der Waals surface area contributed by atoms with Crippen molar-refractivity contribution in [2.45, 2.75) is 12.6 Å². The Labute approximate surface area is 115 Å². The highest BCUT2D eigenvalue weighted by molar-refractivity contribution is 14.0. The SMILES string of the molecule is CN=C(NCCSC)NCCC(F)(F)F.I. The van der Waals surface area contributed by atoms with Crippen LogP contribution in [0.3, 0.4) is 0 Å². The number of aliphatic imine (C=N–C) groups is 1. The van der Waals surface area contributed by atoms with Crippen LogP contribution >= 0.6 is 35.7 Å². The predicted molar refractivity (Wildman–Crippen MR) is 73.8 cm³/mol. The molecule has 0 radical (unpaired) electrons. The van der Waals surface area contributed by atoms with Crippen molar-refractivity contribution in [3.63, 3.8) is 0 Å². The summed E-state index contributed by atoms with van der Waals surface area (Å²) < 4.78 is 35.4. The number of rotatable bonds is 5. The second-order valence-electron chi connectivity index (χ2n) is 2.78. The Morgan fingerprint density at radius 1 is 1.25 bits per heavy atom. The van der Waals surface area contributed by atoms with E-state index in [-0.39, 0.29) is 30.5 Å². The van der Waals surface area contributed by atoms with Crippen LogP contribution in [0.4, 0.5) is 13.2 Å². The summed E-state index contributed by atoms with van der Waals surface area (Å²) in [6.07, 6.45) is -3.01. The van der Waals surface area contributed by atoms with Crippen molar-refractivity contribution in [3.05, 3.63) is 0 Å². The Balaban J connectivity index is 0. The summed E-state index contributed by atoms with van der Waals surface area (Å²) in [5, 5.41) is 5.50. The lowest BCUT2D eigenvalue weighted by Crippen LogP contribution is -2.39. The second kappa shape index (κ2) is 10.3. The minimum Gasteiger partial charge on any atom is -0.356 e. The van der Waals surface area contributed by atoms with Crippen LogP contribution in [-0.2, 0) is 0 Å². The number of thioether (sulfide) groups is 1. The van der Waals surface area contributed by atoms with Gasteiger partial charge in [-0.3, -0.25) is 4.99 Å². The fraction of sp³-hybridized carbons (Fsp3) is 0.875. The monoisotopic (exact) mass is 371 g/mol. The van der Waals surface area contributed by atoms with Crippen LogP contribution < -0.4 is 10.6 Å². The quantitative estimate of drug-likeness (QED) is 0.336. The molecule has 0 fully saturated rings. The molecule has 2 N–H and O–H groups in total. The first-order valence-corrected chi connectivity index (χ1v) is 5.89. The van der Waals surface area contributed by atoms with Gasteiger partial charge in [0.2, 0.25) is 0 Å². The molecule has 0 aliphatic heterocycles. The first-order chi connectivity index (χ1) is 6.99. The van der Waals surface area contributed by atoms with E-state index < -0.39 is 12.6 Å². The molecule has 0 spiro atoms. The van der Waals surface area contributed by atoms with E-state index in [1.54, 1.807) is 11.8 Å². The normalized spacial score (nSPS) is 11.9. The second-order valence-corrected chi connectivity index (χ2v) is 3.77. The van der Waals surface area contributed by atoms with Crippen molar-refractivity contribution < 1.29 is 13.2 Å². The lowest BCUT2D eigenvalue weighted by Gasteiger charge is -2.12. The molecule has 0 amide bonds. The molecule has 16 heavy (non-hydrogen) atoms. The first kappa shape index (κ1) is 18.5. The Hall–Kier alpha value is 0.140. The third kappa shape index (κ3) is 12.2. The number of nitrogens with one attached hydrogen (secondary N) is 2. The van der Waals surface area contributed by atoms with Gasteiger partial charge >= 0.3 is 6.18 Å². The maximum atomic E-state index is 11.8. The largest absolute Gasteiger partial charge is 0.390 e. The van der Waals surface area contributed by atoms with Crippen LogP contribution in [-0.4, -0.2) is 44.3 Å². The van der Waals surface area contributed by atoms with Gasteiger partial charge in [0, 0.05) is 25.9 Å². The van der Waals surface area contributed by atoms with Crippen molar-refractivity contribution in [1.82, 2.24) is 10.6 Å². The van der Waals surface area contributed by atoms with Crippen LogP contribution in [0.1, 0.15) is 6.42 Å². The average Bonchev–Trinajstić information content (AvgIpc) is 2.14. The van der Waals surface area contributed by atoms with Crippen LogP contribution in [0.5, 0.6) is 0 Å². The van der Waals surface area contributed by atoms with E-state index in [1.807, 2.05) is 6.26 Å². The topological polar surface area (TPSA) is 36.4 Å². The summed E-state index contributed by atoms with van der Waals surface area (Å²) in [4.78, 5) is 3.80. The van der Waals surface area contributed by atoms with Crippen LogP contribution in [0.15, 0.2) is 4.99 Å². The van der Waals surface area contributed by atoms with Crippen molar-refractivity contribution in [3.8, 4) is 0 Å². The fourth-order valence-corrected chi connectivity index (χ4v) is 1.12. The van der Waals surface area contributed by atoms with Gasteiger partial charge in [-0.15, -0.1) is 24.0 Å². The van der Waals surface area contributed by atoms with Gasteiger partial charge in [0.1, 0.15) is 0 Å². The molecule has 3 nitrogen and oxygen atoms in total. The van der Waals surface area contributed by atoms with Crippen molar-refractivity contribution >= 4 is 41.7 Å². The molecule has 0 aromatic carbocycles. The lowest BCUT2D eigenvalue weighted by molar-refractivity contribution is -0.132. The van der Waals surface area contributed by atoms with Gasteiger partial charge in [0.25, 0.3) is 0 Å². The Morgan fingerprint density at radius 3 is 2.25 bits per heavy atom. The molecule has 0 rings (SSSR count). The summed E-state index contributed by atoms with van der Waals surface area (Å²) in [6.45, 7) is 0.537. The molecule has 0 aromatic heterocycles. The zero-order valence-electron chi connectivity index (χ0n) is 9.23. The van der Waals surface area contributed by atoms with E-state index >= 15 is 0 Å². The van der Waals surface area contributed by atoms with Crippen LogP contribution in [0.25, 0.3) is 0 Å². The lowest BCUT2D eigenvalue weighted by atomic mass is 10.4. The predicted octanol–water partition coefficient (Wildman–Crippen LogP) is 2.08. The molecule has 8 heteroatoms. The van der Waals surface area contributed by atoms with E-state index in [4.69, 9.17) is 0 Å². The highest BCUT2D eigenvalue weighted by atomic mass is 127. The smallest absolute Gasteiger partial charge is 0.356 e. The molecular formula is C8H17F3IN3S. The maximum Gasteiger partial charge on any atom is 0.390 e. The fourth-order valence-electron chi connectivity index (χ4n) is 0.815. The molecule has 0 aliphatic carbocycles. The summed E-state index contributed by atoms with van der Waals surface area (Å²) in [5.41, 5.74) is 0. The van der Waals surface area contributed by atoms with Gasteiger partial charge < -0.3 is 10.6 Å². The number of guanidine groups is 1. The van der Waals surface area contributed by atoms with E-state index in [0.717, 1.165) is 5.75 Å². The zero-order chi connectivity index (χ0) is 11.7. The highest BCUT2D eigenvalue weighted by Gasteiger charge is 2.26. The summed E-state index contributed by atoms with van der Waals surface area (Å²) in [5.74, 6) is 1.30. The molecular weight excluding hydrogens is 354 g/mol. The molecule has 0 heterocycles. The van der Waals surface area contributed by atoms with Gasteiger partial charge in [-0.25, -0.2) is 0 Å². The summed E-state index contributed by atoms with van der Waals surface area (Å²) in [6, 6.07) is 0.